The van der Waals surface area contributed by atoms with Crippen LogP contribution in [0.2, 0.25) is 0 Å². The lowest BCUT2D eigenvalue weighted by Gasteiger charge is -2.34. The van der Waals surface area contributed by atoms with E-state index in [9.17, 15) is 13.6 Å². The normalized spacial score (nSPS) is 19.6. The Morgan fingerprint density at radius 3 is 2.71 bits per heavy atom. The maximum Gasteiger partial charge on any atom is 0.288 e. The molecule has 0 aromatic heterocycles. The number of alkyl halides is 2. The highest BCUT2D eigenvalue weighted by Crippen LogP contribution is 2.35. The number of carbonyl (C=O) groups is 1. The second-order valence-electron chi connectivity index (χ2n) is 5.35. The summed E-state index contributed by atoms with van der Waals surface area (Å²) in [5.41, 5.74) is 0.586. The number of halogens is 2. The van der Waals surface area contributed by atoms with Crippen LogP contribution in [0.3, 0.4) is 0 Å². The van der Waals surface area contributed by atoms with Gasteiger partial charge in [-0.15, -0.1) is 0 Å². The van der Waals surface area contributed by atoms with Crippen molar-refractivity contribution < 1.29 is 13.6 Å². The van der Waals surface area contributed by atoms with Gasteiger partial charge in [0.2, 0.25) is 5.91 Å². The Morgan fingerprint density at radius 2 is 2.05 bits per heavy atom. The summed E-state index contributed by atoms with van der Waals surface area (Å²) < 4.78 is 25.3. The number of hydrogen-bond acceptors (Lipinski definition) is 3. The van der Waals surface area contributed by atoms with Gasteiger partial charge in [0.05, 0.1) is 11.7 Å². The van der Waals surface area contributed by atoms with Crippen molar-refractivity contribution in [1.29, 1.82) is 0 Å². The first-order valence-corrected chi connectivity index (χ1v) is 7.98. The Hall–Kier alpha value is -1.14. The molecule has 1 aromatic rings. The Morgan fingerprint density at radius 1 is 1.33 bits per heavy atom. The van der Waals surface area contributed by atoms with E-state index in [1.54, 1.807) is 29.2 Å². The van der Waals surface area contributed by atoms with Crippen LogP contribution in [0, 0.1) is 0 Å². The summed E-state index contributed by atoms with van der Waals surface area (Å²) >= 11 is 0.488. The van der Waals surface area contributed by atoms with Crippen molar-refractivity contribution in [1.82, 2.24) is 5.32 Å². The van der Waals surface area contributed by atoms with Crippen molar-refractivity contribution in [3.63, 3.8) is 0 Å². The van der Waals surface area contributed by atoms with Gasteiger partial charge in [-0.05, 0) is 25.0 Å². The molecule has 1 atom stereocenters. The number of rotatable bonds is 5. The van der Waals surface area contributed by atoms with Gasteiger partial charge in [0.25, 0.3) is 5.76 Å². The average Bonchev–Trinajstić information content (AvgIpc) is 2.41. The molecular weight excluding hydrogens is 294 g/mol. The van der Waals surface area contributed by atoms with E-state index in [1.807, 2.05) is 13.8 Å². The van der Waals surface area contributed by atoms with E-state index in [4.69, 9.17) is 0 Å². The van der Waals surface area contributed by atoms with Crippen molar-refractivity contribution in [3.8, 4) is 0 Å². The molecule has 0 aliphatic carbocycles. The minimum absolute atomic E-state index is 0.0303. The van der Waals surface area contributed by atoms with Crippen LogP contribution in [-0.4, -0.2) is 30.3 Å². The van der Waals surface area contributed by atoms with Gasteiger partial charge in [-0.1, -0.05) is 37.7 Å². The average molecular weight is 314 g/mol. The molecule has 21 heavy (non-hydrogen) atoms. The van der Waals surface area contributed by atoms with Crippen LogP contribution in [0.15, 0.2) is 29.2 Å². The molecule has 1 N–H and O–H groups in total. The molecule has 3 nitrogen and oxygen atoms in total. The van der Waals surface area contributed by atoms with E-state index < -0.39 is 5.76 Å². The molecule has 0 saturated carbocycles. The molecule has 0 bridgehead atoms. The van der Waals surface area contributed by atoms with Gasteiger partial charge in [-0.3, -0.25) is 4.79 Å². The maximum absolute atomic E-state index is 12.7. The first-order valence-electron chi connectivity index (χ1n) is 7.10. The number of amides is 1. The SMILES string of the molecule is CC(C)NC1CCCN(c2ccccc2SC(F)F)C1=O. The zero-order valence-electron chi connectivity index (χ0n) is 12.2. The van der Waals surface area contributed by atoms with Crippen molar-refractivity contribution in [3.05, 3.63) is 24.3 Å². The lowest BCUT2D eigenvalue weighted by atomic mass is 10.0. The van der Waals surface area contributed by atoms with E-state index in [-0.39, 0.29) is 18.0 Å². The molecule has 1 unspecified atom stereocenters. The highest BCUT2D eigenvalue weighted by molar-refractivity contribution is 7.99. The molecule has 116 valence electrons. The minimum Gasteiger partial charge on any atom is -0.310 e. The number of benzene rings is 1. The Labute approximate surface area is 128 Å². The number of nitrogens with one attached hydrogen (secondary N) is 1. The van der Waals surface area contributed by atoms with Gasteiger partial charge < -0.3 is 10.2 Å². The van der Waals surface area contributed by atoms with Gasteiger partial charge in [0.15, 0.2) is 0 Å². The number of carbonyl (C=O) groups excluding carboxylic acids is 1. The van der Waals surface area contributed by atoms with E-state index in [0.29, 0.717) is 28.9 Å². The van der Waals surface area contributed by atoms with Crippen molar-refractivity contribution in [2.75, 3.05) is 11.4 Å². The minimum atomic E-state index is -2.49. The van der Waals surface area contributed by atoms with Crippen LogP contribution in [0.25, 0.3) is 0 Å². The zero-order valence-corrected chi connectivity index (χ0v) is 13.0. The highest BCUT2D eigenvalue weighted by atomic mass is 32.2. The van der Waals surface area contributed by atoms with Gasteiger partial charge in [0, 0.05) is 17.5 Å². The van der Waals surface area contributed by atoms with E-state index in [2.05, 4.69) is 5.32 Å². The van der Waals surface area contributed by atoms with Crippen molar-refractivity contribution in [2.24, 2.45) is 0 Å². The topological polar surface area (TPSA) is 32.3 Å². The highest BCUT2D eigenvalue weighted by Gasteiger charge is 2.31. The number of piperidine rings is 1. The van der Waals surface area contributed by atoms with Crippen molar-refractivity contribution in [2.45, 2.75) is 49.4 Å². The third-order valence-corrected chi connectivity index (χ3v) is 4.12. The number of thioether (sulfide) groups is 1. The fraction of sp³-hybridized carbons (Fsp3) is 0.533. The smallest absolute Gasteiger partial charge is 0.288 e. The van der Waals surface area contributed by atoms with Gasteiger partial charge >= 0.3 is 0 Å². The molecule has 1 aliphatic rings. The predicted octanol–water partition coefficient (Wildman–Crippen LogP) is 3.49. The first kappa shape index (κ1) is 16.2. The molecule has 1 aromatic carbocycles. The lowest BCUT2D eigenvalue weighted by molar-refractivity contribution is -0.122. The largest absolute Gasteiger partial charge is 0.310 e. The second kappa shape index (κ2) is 7.22. The number of anilines is 1. The first-order chi connectivity index (χ1) is 9.99. The lowest BCUT2D eigenvalue weighted by Crippen LogP contribution is -2.52. The summed E-state index contributed by atoms with van der Waals surface area (Å²) in [4.78, 5) is 14.6. The van der Waals surface area contributed by atoms with Crippen LogP contribution >= 0.6 is 11.8 Å². The molecule has 0 radical (unpaired) electrons. The molecule has 0 spiro atoms. The Kier molecular flexibility index (Phi) is 5.58. The van der Waals surface area contributed by atoms with Gasteiger partial charge in [-0.2, -0.15) is 8.78 Å². The second-order valence-corrected chi connectivity index (χ2v) is 6.38. The van der Waals surface area contributed by atoms with E-state index in [0.717, 1.165) is 12.8 Å². The van der Waals surface area contributed by atoms with Gasteiger partial charge in [0.1, 0.15) is 0 Å². The molecule has 1 amide bonds. The summed E-state index contributed by atoms with van der Waals surface area (Å²) in [6.45, 7) is 4.57. The maximum atomic E-state index is 12.7. The standard InChI is InChI=1S/C15H20F2N2OS/c1-10(2)18-11-6-5-9-19(14(11)20)12-7-3-4-8-13(12)21-15(16)17/h3-4,7-8,10-11,15,18H,5-6,9H2,1-2H3. The summed E-state index contributed by atoms with van der Waals surface area (Å²) in [5.74, 6) is -2.52. The molecule has 1 aliphatic heterocycles. The summed E-state index contributed by atoms with van der Waals surface area (Å²) in [5, 5.41) is 3.25. The monoisotopic (exact) mass is 314 g/mol. The molecule has 1 saturated heterocycles. The molecule has 1 heterocycles. The molecule has 6 heteroatoms. The number of nitrogens with zero attached hydrogens (tertiary/aromatic N) is 1. The zero-order chi connectivity index (χ0) is 15.4. The quantitative estimate of drug-likeness (QED) is 0.844. The number of hydrogen-bond donors (Lipinski definition) is 1. The summed E-state index contributed by atoms with van der Waals surface area (Å²) in [6, 6.07) is 6.84. The molecular formula is C15H20F2N2OS. The third kappa shape index (κ3) is 4.17. The van der Waals surface area contributed by atoms with Crippen LogP contribution in [0.4, 0.5) is 14.5 Å². The van der Waals surface area contributed by atoms with E-state index >= 15 is 0 Å². The Balaban J connectivity index is 2.22. The fourth-order valence-corrected chi connectivity index (χ4v) is 3.20. The number of para-hydroxylation sites is 1. The molecule has 1 fully saturated rings. The van der Waals surface area contributed by atoms with Crippen LogP contribution in [0.1, 0.15) is 26.7 Å². The fourth-order valence-electron chi connectivity index (χ4n) is 2.55. The Bertz CT molecular complexity index is 496. The molecule has 2 rings (SSSR count). The van der Waals surface area contributed by atoms with Crippen LogP contribution < -0.4 is 10.2 Å². The summed E-state index contributed by atoms with van der Waals surface area (Å²) in [7, 11) is 0. The predicted molar refractivity (Wildman–Crippen MR) is 81.9 cm³/mol. The van der Waals surface area contributed by atoms with Crippen LogP contribution in [-0.2, 0) is 4.79 Å². The summed E-state index contributed by atoms with van der Waals surface area (Å²) in [6.07, 6.45) is 1.65. The van der Waals surface area contributed by atoms with E-state index in [1.165, 1.54) is 0 Å². The van der Waals surface area contributed by atoms with Crippen molar-refractivity contribution >= 4 is 23.4 Å². The third-order valence-electron chi connectivity index (χ3n) is 3.35. The van der Waals surface area contributed by atoms with Gasteiger partial charge in [-0.25, -0.2) is 0 Å². The van der Waals surface area contributed by atoms with Crippen LogP contribution in [0.5, 0.6) is 0 Å².